The first-order valence-corrected chi connectivity index (χ1v) is 7.03. The van der Waals surface area contributed by atoms with Crippen molar-refractivity contribution in [2.24, 2.45) is 0 Å². The molecular formula is C17H22F2O2. The smallest absolute Gasteiger partial charge is 0.137 e. The van der Waals surface area contributed by atoms with E-state index in [1.807, 2.05) is 20.8 Å². The topological polar surface area (TPSA) is 34.1 Å². The Bertz CT molecular complexity index is 533. The normalized spacial score (nSPS) is 13.1. The first-order chi connectivity index (χ1) is 9.54. The molecule has 0 aromatic heterocycles. The third-order valence-corrected chi connectivity index (χ3v) is 3.57. The zero-order valence-corrected chi connectivity index (χ0v) is 13.2. The Morgan fingerprint density at radius 1 is 1.10 bits per heavy atom. The van der Waals surface area contributed by atoms with Gasteiger partial charge in [0.15, 0.2) is 0 Å². The van der Waals surface area contributed by atoms with Crippen molar-refractivity contribution in [3.05, 3.63) is 34.9 Å². The zero-order chi connectivity index (χ0) is 16.4. The molecule has 0 N–H and O–H groups in total. The quantitative estimate of drug-likeness (QED) is 0.811. The Hall–Kier alpha value is -1.58. The lowest BCUT2D eigenvalue weighted by Gasteiger charge is -2.22. The van der Waals surface area contributed by atoms with Crippen LogP contribution in [0.2, 0.25) is 0 Å². The molecule has 0 spiro atoms. The highest BCUT2D eigenvalue weighted by atomic mass is 19.1. The number of halogens is 2. The van der Waals surface area contributed by atoms with Crippen molar-refractivity contribution in [3.8, 4) is 0 Å². The van der Waals surface area contributed by atoms with Crippen molar-refractivity contribution in [1.29, 1.82) is 0 Å². The molecule has 0 aliphatic carbocycles. The summed E-state index contributed by atoms with van der Waals surface area (Å²) < 4.78 is 28.6. The van der Waals surface area contributed by atoms with Gasteiger partial charge in [-0.1, -0.05) is 20.8 Å². The fourth-order valence-corrected chi connectivity index (χ4v) is 2.25. The third-order valence-electron chi connectivity index (χ3n) is 3.57. The lowest BCUT2D eigenvalue weighted by molar-refractivity contribution is -0.119. The molecule has 0 bridgehead atoms. The summed E-state index contributed by atoms with van der Waals surface area (Å²) in [5.74, 6) is -2.79. The maximum Gasteiger partial charge on any atom is 0.137 e. The Morgan fingerprint density at radius 2 is 1.57 bits per heavy atom. The minimum absolute atomic E-state index is 0.103. The number of hydrogen-bond acceptors (Lipinski definition) is 2. The minimum atomic E-state index is -0.914. The average molecular weight is 296 g/mol. The van der Waals surface area contributed by atoms with Crippen LogP contribution in [0.15, 0.2) is 12.1 Å². The van der Waals surface area contributed by atoms with Crippen LogP contribution >= 0.6 is 0 Å². The van der Waals surface area contributed by atoms with E-state index in [9.17, 15) is 18.4 Å². The van der Waals surface area contributed by atoms with Crippen molar-refractivity contribution >= 4 is 11.6 Å². The van der Waals surface area contributed by atoms with E-state index in [2.05, 4.69) is 0 Å². The van der Waals surface area contributed by atoms with Gasteiger partial charge in [0, 0.05) is 17.9 Å². The zero-order valence-electron chi connectivity index (χ0n) is 13.2. The summed E-state index contributed by atoms with van der Waals surface area (Å²) in [6.45, 7) is 8.27. The molecule has 0 aliphatic heterocycles. The second-order valence-electron chi connectivity index (χ2n) is 6.51. The molecule has 0 saturated carbocycles. The summed E-state index contributed by atoms with van der Waals surface area (Å²) in [6.07, 6.45) is 0.261. The molecule has 1 aromatic rings. The lowest BCUT2D eigenvalue weighted by atomic mass is 9.83. The molecule has 4 heteroatoms. The van der Waals surface area contributed by atoms with E-state index in [0.717, 1.165) is 0 Å². The molecule has 1 atom stereocenters. The summed E-state index contributed by atoms with van der Waals surface area (Å²) in [4.78, 5) is 22.8. The molecule has 0 amide bonds. The van der Waals surface area contributed by atoms with Gasteiger partial charge in [-0.2, -0.15) is 0 Å². The Morgan fingerprint density at radius 3 is 1.90 bits per heavy atom. The maximum absolute atomic E-state index is 14.3. The highest BCUT2D eigenvalue weighted by molar-refractivity contribution is 5.84. The van der Waals surface area contributed by atoms with E-state index in [-0.39, 0.29) is 35.4 Å². The van der Waals surface area contributed by atoms with Crippen LogP contribution in [0.25, 0.3) is 0 Å². The molecule has 2 nitrogen and oxygen atoms in total. The highest BCUT2D eigenvalue weighted by Crippen LogP contribution is 2.32. The summed E-state index contributed by atoms with van der Waals surface area (Å²) in [6, 6.07) is 2.56. The summed E-state index contributed by atoms with van der Waals surface area (Å²) in [7, 11) is 0. The lowest BCUT2D eigenvalue weighted by Crippen LogP contribution is -2.17. The number of hydrogen-bond donors (Lipinski definition) is 0. The first kappa shape index (κ1) is 17.5. The second kappa shape index (κ2) is 6.46. The minimum Gasteiger partial charge on any atom is -0.300 e. The predicted molar refractivity (Wildman–Crippen MR) is 78.4 cm³/mol. The van der Waals surface area contributed by atoms with Gasteiger partial charge in [0.2, 0.25) is 0 Å². The monoisotopic (exact) mass is 296 g/mol. The summed E-state index contributed by atoms with van der Waals surface area (Å²) >= 11 is 0. The maximum atomic E-state index is 14.3. The van der Waals surface area contributed by atoms with Gasteiger partial charge in [0.05, 0.1) is 0 Å². The van der Waals surface area contributed by atoms with Crippen molar-refractivity contribution in [3.63, 3.8) is 0 Å². The molecule has 0 aliphatic rings. The molecule has 1 rings (SSSR count). The molecule has 0 saturated heterocycles. The van der Waals surface area contributed by atoms with Crippen molar-refractivity contribution in [2.45, 2.75) is 58.8 Å². The predicted octanol–water partition coefficient (Wildman–Crippen LogP) is 4.30. The van der Waals surface area contributed by atoms with Gasteiger partial charge in [-0.3, -0.25) is 4.79 Å². The second-order valence-corrected chi connectivity index (χ2v) is 6.51. The molecule has 1 aromatic carbocycles. The van der Waals surface area contributed by atoms with Crippen LogP contribution in [-0.4, -0.2) is 11.6 Å². The Kier molecular flexibility index (Phi) is 5.37. The summed E-state index contributed by atoms with van der Waals surface area (Å²) in [5.41, 5.74) is -0.0717. The fraction of sp³-hybridized carbons (Fsp3) is 0.529. The average Bonchev–Trinajstić information content (AvgIpc) is 2.30. The van der Waals surface area contributed by atoms with Gasteiger partial charge in [-0.05, 0) is 43.4 Å². The standard InChI is InChI=1S/C17H22F2O2/c1-10(20)6-7-13(11(2)21)16-14(18)8-12(9-15(16)19)17(3,4)5/h8-9,13H,6-7H2,1-5H3. The van der Waals surface area contributed by atoms with E-state index in [4.69, 9.17) is 0 Å². The van der Waals surface area contributed by atoms with Crippen LogP contribution in [0.1, 0.15) is 64.5 Å². The number of carbonyl (C=O) groups is 2. The third kappa shape index (κ3) is 4.45. The fourth-order valence-electron chi connectivity index (χ4n) is 2.25. The van der Waals surface area contributed by atoms with E-state index in [0.29, 0.717) is 5.56 Å². The first-order valence-electron chi connectivity index (χ1n) is 7.03. The highest BCUT2D eigenvalue weighted by Gasteiger charge is 2.27. The van der Waals surface area contributed by atoms with E-state index >= 15 is 0 Å². The van der Waals surface area contributed by atoms with E-state index in [1.165, 1.54) is 26.0 Å². The van der Waals surface area contributed by atoms with Gasteiger partial charge in [-0.25, -0.2) is 8.78 Å². The van der Waals surface area contributed by atoms with Crippen LogP contribution in [0.5, 0.6) is 0 Å². The van der Waals surface area contributed by atoms with Crippen molar-refractivity contribution < 1.29 is 18.4 Å². The molecule has 21 heavy (non-hydrogen) atoms. The molecule has 116 valence electrons. The number of rotatable bonds is 5. The van der Waals surface area contributed by atoms with Crippen LogP contribution in [0.3, 0.4) is 0 Å². The number of benzene rings is 1. The van der Waals surface area contributed by atoms with Crippen molar-refractivity contribution in [1.82, 2.24) is 0 Å². The van der Waals surface area contributed by atoms with Gasteiger partial charge in [0.1, 0.15) is 23.2 Å². The molecule has 0 radical (unpaired) electrons. The largest absolute Gasteiger partial charge is 0.300 e. The Balaban J connectivity index is 3.27. The van der Waals surface area contributed by atoms with Crippen LogP contribution in [0, 0.1) is 11.6 Å². The van der Waals surface area contributed by atoms with E-state index < -0.39 is 17.6 Å². The van der Waals surface area contributed by atoms with Crippen LogP contribution < -0.4 is 0 Å². The number of Topliss-reactive ketones (excluding diaryl/α,β-unsaturated/α-hetero) is 2. The van der Waals surface area contributed by atoms with Gasteiger partial charge >= 0.3 is 0 Å². The van der Waals surface area contributed by atoms with E-state index in [1.54, 1.807) is 0 Å². The molecule has 0 fully saturated rings. The van der Waals surface area contributed by atoms with Crippen LogP contribution in [-0.2, 0) is 15.0 Å². The molecule has 1 unspecified atom stereocenters. The van der Waals surface area contributed by atoms with Crippen molar-refractivity contribution in [2.75, 3.05) is 0 Å². The van der Waals surface area contributed by atoms with Crippen LogP contribution in [0.4, 0.5) is 8.78 Å². The molecule has 0 heterocycles. The summed E-state index contributed by atoms with van der Waals surface area (Å²) in [5, 5.41) is 0. The van der Waals surface area contributed by atoms with Gasteiger partial charge in [0.25, 0.3) is 0 Å². The Labute approximate surface area is 124 Å². The SMILES string of the molecule is CC(=O)CCC(C(C)=O)c1c(F)cc(C(C)(C)C)cc1F. The van der Waals surface area contributed by atoms with Gasteiger partial charge in [-0.15, -0.1) is 0 Å². The van der Waals surface area contributed by atoms with Gasteiger partial charge < -0.3 is 4.79 Å². The number of ketones is 2. The molecular weight excluding hydrogens is 274 g/mol. The number of carbonyl (C=O) groups excluding carboxylic acids is 2.